The Balaban J connectivity index is 1.83. The van der Waals surface area contributed by atoms with E-state index in [-0.39, 0.29) is 10.9 Å². The summed E-state index contributed by atoms with van der Waals surface area (Å²) < 4.78 is 3.26. The Kier molecular flexibility index (Phi) is 4.30. The molecule has 0 saturated heterocycles. The van der Waals surface area contributed by atoms with Crippen molar-refractivity contribution in [1.29, 1.82) is 0 Å². The van der Waals surface area contributed by atoms with Gasteiger partial charge >= 0.3 is 0 Å². The van der Waals surface area contributed by atoms with E-state index in [4.69, 9.17) is 0 Å². The van der Waals surface area contributed by atoms with Crippen LogP contribution in [0.3, 0.4) is 0 Å². The zero-order chi connectivity index (χ0) is 24.6. The summed E-state index contributed by atoms with van der Waals surface area (Å²) in [6.45, 7) is 0. The third-order valence-electron chi connectivity index (χ3n) is 7.56. The molecule has 36 heavy (non-hydrogen) atoms. The van der Waals surface area contributed by atoms with Crippen LogP contribution >= 0.6 is 63.7 Å². The minimum absolute atomic E-state index is 0.0312. The van der Waals surface area contributed by atoms with Gasteiger partial charge in [0, 0.05) is 55.6 Å². The van der Waals surface area contributed by atoms with Gasteiger partial charge in [-0.25, -0.2) is 0 Å². The number of benzene rings is 8. The topological polar surface area (TPSA) is 34.1 Å². The lowest BCUT2D eigenvalue weighted by Crippen LogP contribution is -2.07. The molecule has 6 heteroatoms. The van der Waals surface area contributed by atoms with Crippen LogP contribution < -0.4 is 10.9 Å². The molecule has 0 bridgehead atoms. The molecule has 0 spiro atoms. The van der Waals surface area contributed by atoms with E-state index in [0.717, 1.165) is 77.1 Å². The Morgan fingerprint density at radius 2 is 1.14 bits per heavy atom. The lowest BCUT2D eigenvalue weighted by atomic mass is 9.84. The van der Waals surface area contributed by atoms with Crippen LogP contribution in [-0.2, 0) is 0 Å². The number of fused-ring (bicyclic) bond motifs is 4. The van der Waals surface area contributed by atoms with Gasteiger partial charge < -0.3 is 0 Å². The fourth-order valence-electron chi connectivity index (χ4n) is 6.14. The van der Waals surface area contributed by atoms with Crippen LogP contribution in [0.2, 0.25) is 0 Å². The maximum Gasteiger partial charge on any atom is 0.196 e. The first-order valence-electron chi connectivity index (χ1n) is 11.2. The van der Waals surface area contributed by atoms with Crippen LogP contribution in [0.25, 0.3) is 75.4 Å². The van der Waals surface area contributed by atoms with Gasteiger partial charge in [-0.15, -0.1) is 0 Å². The SMILES string of the molecule is O=c1c2ccccc2c2cc3cc(Br)c4c(=O)c5c(Br)c(Br)ccc5c5c(Br)c6ccc1c2c6c3c45. The van der Waals surface area contributed by atoms with Gasteiger partial charge in [0.25, 0.3) is 0 Å². The number of rotatable bonds is 0. The molecule has 8 aromatic carbocycles. The summed E-state index contributed by atoms with van der Waals surface area (Å²) >= 11 is 14.9. The van der Waals surface area contributed by atoms with Crippen molar-refractivity contribution in [1.82, 2.24) is 0 Å². The molecule has 0 aromatic heterocycles. The molecule has 0 radical (unpaired) electrons. The lowest BCUT2D eigenvalue weighted by Gasteiger charge is -2.21. The summed E-state index contributed by atoms with van der Waals surface area (Å²) in [7, 11) is 0. The summed E-state index contributed by atoms with van der Waals surface area (Å²) in [6, 6.07) is 20.0. The highest BCUT2D eigenvalue weighted by Gasteiger charge is 2.26. The highest BCUT2D eigenvalue weighted by molar-refractivity contribution is 9.13. The predicted octanol–water partition coefficient (Wildman–Crippen LogP) is 9.84. The molecule has 8 aromatic rings. The zero-order valence-corrected chi connectivity index (χ0v) is 24.4. The van der Waals surface area contributed by atoms with Crippen LogP contribution in [-0.4, -0.2) is 0 Å². The van der Waals surface area contributed by atoms with Gasteiger partial charge in [0.2, 0.25) is 0 Å². The first-order chi connectivity index (χ1) is 17.4. The Morgan fingerprint density at radius 3 is 1.94 bits per heavy atom. The minimum Gasteiger partial charge on any atom is -0.289 e. The Labute approximate surface area is 236 Å². The Bertz CT molecular complexity index is 2400. The number of hydrogen-bond acceptors (Lipinski definition) is 2. The quantitative estimate of drug-likeness (QED) is 0.115. The first-order valence-corrected chi connectivity index (χ1v) is 14.4. The molecule has 0 aliphatic rings. The van der Waals surface area contributed by atoms with Crippen molar-refractivity contribution < 1.29 is 0 Å². The fourth-order valence-corrected chi connectivity index (χ4v) is 8.37. The van der Waals surface area contributed by atoms with E-state index in [0.29, 0.717) is 16.2 Å². The van der Waals surface area contributed by atoms with Crippen LogP contribution in [0, 0.1) is 0 Å². The average Bonchev–Trinajstić information content (AvgIpc) is 2.87. The predicted molar refractivity (Wildman–Crippen MR) is 166 cm³/mol. The second-order valence-corrected chi connectivity index (χ2v) is 12.5. The molecule has 0 saturated carbocycles. The first kappa shape index (κ1) is 21.7. The van der Waals surface area contributed by atoms with E-state index in [2.05, 4.69) is 69.8 Å². The van der Waals surface area contributed by atoms with Crippen LogP contribution in [0.1, 0.15) is 0 Å². The summed E-state index contributed by atoms with van der Waals surface area (Å²) in [5.41, 5.74) is 0.00688. The second-order valence-electron chi connectivity index (χ2n) is 9.22. The van der Waals surface area contributed by atoms with Crippen molar-refractivity contribution in [2.24, 2.45) is 0 Å². The highest BCUT2D eigenvalue weighted by atomic mass is 79.9. The summed E-state index contributed by atoms with van der Waals surface area (Å²) in [5, 5.41) is 12.6. The van der Waals surface area contributed by atoms with Crippen molar-refractivity contribution in [2.45, 2.75) is 0 Å². The largest absolute Gasteiger partial charge is 0.289 e. The maximum atomic E-state index is 14.0. The Morgan fingerprint density at radius 1 is 0.417 bits per heavy atom. The van der Waals surface area contributed by atoms with Gasteiger partial charge in [0.15, 0.2) is 10.9 Å². The third kappa shape index (κ3) is 2.42. The van der Waals surface area contributed by atoms with Crippen molar-refractivity contribution in [2.75, 3.05) is 0 Å². The smallest absolute Gasteiger partial charge is 0.196 e. The van der Waals surface area contributed by atoms with Crippen molar-refractivity contribution in [3.63, 3.8) is 0 Å². The molecule has 0 atom stereocenters. The van der Waals surface area contributed by atoms with E-state index in [9.17, 15) is 9.59 Å². The van der Waals surface area contributed by atoms with Crippen LogP contribution in [0.5, 0.6) is 0 Å². The summed E-state index contributed by atoms with van der Waals surface area (Å²) in [5.74, 6) is 0. The van der Waals surface area contributed by atoms with Crippen molar-refractivity contribution in [3.05, 3.63) is 99.0 Å². The van der Waals surface area contributed by atoms with Gasteiger partial charge in [-0.3, -0.25) is 9.59 Å². The fraction of sp³-hybridized carbons (Fsp3) is 0. The van der Waals surface area contributed by atoms with E-state index in [1.165, 1.54) is 0 Å². The molecule has 0 heterocycles. The summed E-state index contributed by atoms with van der Waals surface area (Å²) in [6.07, 6.45) is 0. The molecule has 0 fully saturated rings. The standard InChI is InChI=1S/C30H10Br4O2/c31-18-8-7-14-23-26-20-11(10-19(32)25(26)30(36)24(14)28(18)34)9-17-12-3-1-2-4-13(12)29(35)16-6-5-15(27(23)33)22(20)21(16)17/h1-10H. The zero-order valence-electron chi connectivity index (χ0n) is 18.1. The highest BCUT2D eigenvalue weighted by Crippen LogP contribution is 2.50. The van der Waals surface area contributed by atoms with E-state index >= 15 is 0 Å². The number of hydrogen-bond donors (Lipinski definition) is 0. The molecule has 0 unspecified atom stereocenters. The molecule has 0 aliphatic carbocycles. The van der Waals surface area contributed by atoms with Gasteiger partial charge in [0.1, 0.15) is 0 Å². The normalized spacial score (nSPS) is 12.7. The van der Waals surface area contributed by atoms with E-state index in [1.54, 1.807) is 0 Å². The van der Waals surface area contributed by atoms with Gasteiger partial charge in [-0.1, -0.05) is 36.4 Å². The molecular weight excluding hydrogens is 712 g/mol. The summed E-state index contributed by atoms with van der Waals surface area (Å²) in [4.78, 5) is 27.6. The molecular formula is C30H10Br4O2. The minimum atomic E-state index is -0.0312. The average molecular weight is 722 g/mol. The molecule has 0 amide bonds. The van der Waals surface area contributed by atoms with Gasteiger partial charge in [-0.2, -0.15) is 0 Å². The molecule has 0 N–H and O–H groups in total. The molecule has 0 aliphatic heterocycles. The Hall–Kier alpha value is -2.38. The van der Waals surface area contributed by atoms with Gasteiger partial charge in [0.05, 0.1) is 0 Å². The number of halogens is 4. The van der Waals surface area contributed by atoms with Crippen molar-refractivity contribution >= 4 is 139 Å². The third-order valence-corrected chi connectivity index (χ3v) is 11.0. The van der Waals surface area contributed by atoms with Crippen molar-refractivity contribution in [3.8, 4) is 0 Å². The lowest BCUT2D eigenvalue weighted by molar-refractivity contribution is 1.64. The van der Waals surface area contributed by atoms with Crippen LogP contribution in [0.15, 0.2) is 88.1 Å². The van der Waals surface area contributed by atoms with E-state index < -0.39 is 0 Å². The maximum absolute atomic E-state index is 14.0. The molecule has 170 valence electrons. The van der Waals surface area contributed by atoms with Gasteiger partial charge in [-0.05, 0) is 126 Å². The second kappa shape index (κ2) is 7.13. The van der Waals surface area contributed by atoms with E-state index in [1.807, 2.05) is 54.6 Å². The monoisotopic (exact) mass is 718 g/mol. The van der Waals surface area contributed by atoms with Crippen LogP contribution in [0.4, 0.5) is 0 Å². The molecule has 2 nitrogen and oxygen atoms in total. The molecule has 8 rings (SSSR count).